The molecule has 8 heteroatoms. The lowest BCUT2D eigenvalue weighted by atomic mass is 9.94. The Morgan fingerprint density at radius 1 is 0.952 bits per heavy atom. The third-order valence-corrected chi connectivity index (χ3v) is 8.03. The number of anilines is 1. The average molecular weight is 568 g/mol. The Labute approximate surface area is 246 Å². The summed E-state index contributed by atoms with van der Waals surface area (Å²) in [6.45, 7) is 1.50. The number of benzene rings is 3. The van der Waals surface area contributed by atoms with Crippen molar-refractivity contribution in [1.29, 1.82) is 0 Å². The van der Waals surface area contributed by atoms with Gasteiger partial charge in [0, 0.05) is 46.0 Å². The highest BCUT2D eigenvalue weighted by molar-refractivity contribution is 6.04. The van der Waals surface area contributed by atoms with Gasteiger partial charge in [-0.1, -0.05) is 37.5 Å². The first-order valence-corrected chi connectivity index (χ1v) is 14.4. The Hall–Kier alpha value is -4.59. The molecule has 1 aliphatic rings. The van der Waals surface area contributed by atoms with E-state index in [9.17, 15) is 14.4 Å². The molecule has 0 radical (unpaired) electrons. The topological polar surface area (TPSA) is 101 Å². The maximum absolute atomic E-state index is 14.4. The number of para-hydroxylation sites is 1. The first kappa shape index (κ1) is 28.9. The number of methoxy groups -OCH3 is 2. The van der Waals surface area contributed by atoms with Crippen molar-refractivity contribution in [3.8, 4) is 11.5 Å². The predicted molar refractivity (Wildman–Crippen MR) is 163 cm³/mol. The number of carbonyl (C=O) groups excluding carboxylic acids is 3. The third kappa shape index (κ3) is 6.17. The molecule has 0 saturated heterocycles. The third-order valence-electron chi connectivity index (χ3n) is 8.03. The molecule has 0 spiro atoms. The van der Waals surface area contributed by atoms with Crippen LogP contribution in [0.4, 0.5) is 5.69 Å². The van der Waals surface area contributed by atoms with Gasteiger partial charge in [-0.25, -0.2) is 0 Å². The summed E-state index contributed by atoms with van der Waals surface area (Å²) < 4.78 is 11.2. The van der Waals surface area contributed by atoms with Gasteiger partial charge in [-0.05, 0) is 67.8 Å². The van der Waals surface area contributed by atoms with Crippen molar-refractivity contribution in [2.45, 2.75) is 57.5 Å². The Morgan fingerprint density at radius 3 is 2.38 bits per heavy atom. The first-order valence-electron chi connectivity index (χ1n) is 14.4. The number of nitrogens with one attached hydrogen (secondary N) is 2. The van der Waals surface area contributed by atoms with Crippen molar-refractivity contribution in [1.82, 2.24) is 10.3 Å². The summed E-state index contributed by atoms with van der Waals surface area (Å²) in [4.78, 5) is 45.5. The number of ether oxygens (including phenoxy) is 2. The van der Waals surface area contributed by atoms with Gasteiger partial charge in [-0.15, -0.1) is 0 Å². The van der Waals surface area contributed by atoms with Gasteiger partial charge in [0.05, 0.1) is 20.6 Å². The molecule has 42 heavy (non-hydrogen) atoms. The molecule has 2 amide bonds. The van der Waals surface area contributed by atoms with E-state index in [1.807, 2.05) is 30.5 Å². The van der Waals surface area contributed by atoms with Gasteiger partial charge in [0.2, 0.25) is 11.8 Å². The fourth-order valence-electron chi connectivity index (χ4n) is 5.79. The molecule has 0 aliphatic heterocycles. The maximum Gasteiger partial charge on any atom is 0.248 e. The van der Waals surface area contributed by atoms with E-state index in [2.05, 4.69) is 10.3 Å². The molecular formula is C34H37N3O5. The van der Waals surface area contributed by atoms with Gasteiger partial charge in [0.15, 0.2) is 5.78 Å². The van der Waals surface area contributed by atoms with Crippen LogP contribution in [0, 0.1) is 0 Å². The van der Waals surface area contributed by atoms with E-state index < -0.39 is 6.04 Å². The average Bonchev–Trinajstić information content (AvgIpc) is 3.42. The summed E-state index contributed by atoms with van der Waals surface area (Å²) in [5.41, 5.74) is 3.32. The number of hydrogen-bond acceptors (Lipinski definition) is 5. The van der Waals surface area contributed by atoms with Crippen molar-refractivity contribution in [2.75, 3.05) is 19.1 Å². The number of amides is 2. The largest absolute Gasteiger partial charge is 0.497 e. The lowest BCUT2D eigenvalue weighted by Crippen LogP contribution is -2.47. The maximum atomic E-state index is 14.4. The lowest BCUT2D eigenvalue weighted by Gasteiger charge is -2.34. The summed E-state index contributed by atoms with van der Waals surface area (Å²) in [6, 6.07) is 18.9. The van der Waals surface area contributed by atoms with E-state index in [0.717, 1.165) is 48.6 Å². The summed E-state index contributed by atoms with van der Waals surface area (Å²) in [6.07, 6.45) is 6.95. The number of aromatic amines is 1. The van der Waals surface area contributed by atoms with Crippen molar-refractivity contribution in [2.24, 2.45) is 0 Å². The molecule has 218 valence electrons. The highest BCUT2D eigenvalue weighted by Crippen LogP contribution is 2.37. The zero-order chi connectivity index (χ0) is 29.6. The van der Waals surface area contributed by atoms with Crippen LogP contribution in [-0.2, 0) is 16.0 Å². The van der Waals surface area contributed by atoms with Crippen LogP contribution in [0.2, 0.25) is 0 Å². The minimum Gasteiger partial charge on any atom is -0.497 e. The van der Waals surface area contributed by atoms with Crippen LogP contribution in [0.3, 0.4) is 0 Å². The van der Waals surface area contributed by atoms with E-state index in [1.165, 1.54) is 18.9 Å². The zero-order valence-corrected chi connectivity index (χ0v) is 24.3. The minimum atomic E-state index is -1.03. The fraction of sp³-hybridized carbons (Fsp3) is 0.324. The Bertz CT molecular complexity index is 1570. The molecule has 5 rings (SSSR count). The van der Waals surface area contributed by atoms with Crippen LogP contribution in [0.5, 0.6) is 11.5 Å². The van der Waals surface area contributed by atoms with Crippen molar-refractivity contribution in [3.63, 3.8) is 0 Å². The first-order chi connectivity index (χ1) is 20.4. The molecule has 1 atom stereocenters. The van der Waals surface area contributed by atoms with Crippen LogP contribution in [0.15, 0.2) is 72.9 Å². The van der Waals surface area contributed by atoms with Gasteiger partial charge >= 0.3 is 0 Å². The zero-order valence-electron chi connectivity index (χ0n) is 24.3. The van der Waals surface area contributed by atoms with E-state index in [1.54, 1.807) is 49.6 Å². The van der Waals surface area contributed by atoms with E-state index in [4.69, 9.17) is 9.47 Å². The molecule has 1 fully saturated rings. The summed E-state index contributed by atoms with van der Waals surface area (Å²) >= 11 is 0. The van der Waals surface area contributed by atoms with E-state index in [0.29, 0.717) is 28.3 Å². The number of carbonyl (C=O) groups is 3. The van der Waals surface area contributed by atoms with Crippen molar-refractivity contribution < 1.29 is 23.9 Å². The number of H-pyrrole nitrogens is 1. The van der Waals surface area contributed by atoms with Crippen LogP contribution in [0.25, 0.3) is 10.9 Å². The number of ketones is 1. The van der Waals surface area contributed by atoms with Gasteiger partial charge < -0.3 is 19.8 Å². The van der Waals surface area contributed by atoms with Gasteiger partial charge in [-0.3, -0.25) is 19.3 Å². The smallest absolute Gasteiger partial charge is 0.248 e. The number of fused-ring (bicyclic) bond motifs is 1. The van der Waals surface area contributed by atoms with Gasteiger partial charge in [0.1, 0.15) is 17.5 Å². The molecule has 8 nitrogen and oxygen atoms in total. The molecule has 0 bridgehead atoms. The lowest BCUT2D eigenvalue weighted by molar-refractivity contribution is -0.127. The molecule has 3 aromatic carbocycles. The Balaban J connectivity index is 1.62. The quantitative estimate of drug-likeness (QED) is 0.224. The Kier molecular flexibility index (Phi) is 8.91. The highest BCUT2D eigenvalue weighted by atomic mass is 16.5. The number of nitrogens with zero attached hydrogens (tertiary/aromatic N) is 1. The summed E-state index contributed by atoms with van der Waals surface area (Å²) in [7, 11) is 3.10. The van der Waals surface area contributed by atoms with Crippen LogP contribution in [0.1, 0.15) is 66.6 Å². The molecular weight excluding hydrogens is 530 g/mol. The fourth-order valence-corrected chi connectivity index (χ4v) is 5.79. The standard InChI is InChI=1S/C34H37N3O5/c1-22(38)23-13-15-26(16-14-23)37(32(39)19-24-21-35-30-12-8-7-11-28(24)30)33(34(40)36-25-9-5-4-6-10-25)29-18-17-27(41-2)20-31(29)42-3/h7-8,11-18,20-21,25,33,35H,4-6,9-10,19H2,1-3H3,(H,36,40)/t33-/m1/s1. The van der Waals surface area contributed by atoms with Crippen molar-refractivity contribution >= 4 is 34.2 Å². The number of rotatable bonds is 10. The number of Topliss-reactive ketones (excluding diaryl/α,β-unsaturated/α-hetero) is 1. The SMILES string of the molecule is COc1ccc([C@H](C(=O)NC2CCCCC2)N(C(=O)Cc2c[nH]c3ccccc23)c2ccc(C(C)=O)cc2)c(OC)c1. The molecule has 2 N–H and O–H groups in total. The predicted octanol–water partition coefficient (Wildman–Crippen LogP) is 6.15. The van der Waals surface area contributed by atoms with E-state index >= 15 is 0 Å². The van der Waals surface area contributed by atoms with Crippen molar-refractivity contribution in [3.05, 3.63) is 89.6 Å². The second kappa shape index (κ2) is 12.9. The van der Waals surface area contributed by atoms with Gasteiger partial charge in [-0.2, -0.15) is 0 Å². The minimum absolute atomic E-state index is 0.0312. The second-order valence-corrected chi connectivity index (χ2v) is 10.8. The summed E-state index contributed by atoms with van der Waals surface area (Å²) in [5.74, 6) is 0.375. The van der Waals surface area contributed by atoms with Gasteiger partial charge in [0.25, 0.3) is 0 Å². The number of aromatic nitrogens is 1. The van der Waals surface area contributed by atoms with Crippen LogP contribution >= 0.6 is 0 Å². The molecule has 4 aromatic rings. The normalized spacial score (nSPS) is 14.3. The monoisotopic (exact) mass is 567 g/mol. The highest BCUT2D eigenvalue weighted by Gasteiger charge is 2.36. The van der Waals surface area contributed by atoms with E-state index in [-0.39, 0.29) is 30.1 Å². The van der Waals surface area contributed by atoms with Crippen LogP contribution < -0.4 is 19.7 Å². The summed E-state index contributed by atoms with van der Waals surface area (Å²) in [5, 5.41) is 4.19. The molecule has 0 unspecified atom stereocenters. The Morgan fingerprint density at radius 2 is 1.69 bits per heavy atom. The number of hydrogen-bond donors (Lipinski definition) is 2. The second-order valence-electron chi connectivity index (χ2n) is 10.8. The van der Waals surface area contributed by atoms with Crippen LogP contribution in [-0.4, -0.2) is 42.8 Å². The molecule has 1 saturated carbocycles. The molecule has 1 heterocycles. The molecule has 1 aliphatic carbocycles. The molecule has 1 aromatic heterocycles.